The van der Waals surface area contributed by atoms with Crippen molar-refractivity contribution < 1.29 is 4.79 Å². The lowest BCUT2D eigenvalue weighted by atomic mass is 10.1. The molecule has 0 saturated carbocycles. The molecule has 8 heteroatoms. The third-order valence-electron chi connectivity index (χ3n) is 4.06. The van der Waals surface area contributed by atoms with Gasteiger partial charge in [-0.2, -0.15) is 10.2 Å². The van der Waals surface area contributed by atoms with Crippen LogP contribution in [0.3, 0.4) is 0 Å². The van der Waals surface area contributed by atoms with Gasteiger partial charge in [0, 0.05) is 12.4 Å². The first-order valence-corrected chi connectivity index (χ1v) is 9.31. The summed E-state index contributed by atoms with van der Waals surface area (Å²) >= 11 is 9.47. The normalized spacial score (nSPS) is 12.2. The average Bonchev–Trinajstić information content (AvgIpc) is 3.11. The number of nitrogens with zero attached hydrogens (tertiary/aromatic N) is 4. The van der Waals surface area contributed by atoms with Crippen LogP contribution in [0, 0.1) is 13.8 Å². The minimum absolute atomic E-state index is 0.217. The molecule has 26 heavy (non-hydrogen) atoms. The molecule has 2 heterocycles. The molecule has 1 N–H and O–H groups in total. The minimum Gasteiger partial charge on any atom is -0.306 e. The number of rotatable bonds is 5. The van der Waals surface area contributed by atoms with Crippen LogP contribution in [0.4, 0.5) is 5.82 Å². The molecule has 1 aromatic carbocycles. The van der Waals surface area contributed by atoms with Crippen molar-refractivity contribution in [2.75, 3.05) is 5.32 Å². The number of hydrogen-bond donors (Lipinski definition) is 1. The molecule has 3 rings (SSSR count). The number of aryl methyl sites for hydroxylation is 2. The minimum atomic E-state index is -0.504. The Bertz CT molecular complexity index is 912. The van der Waals surface area contributed by atoms with Gasteiger partial charge in [0.2, 0.25) is 5.91 Å². The van der Waals surface area contributed by atoms with Gasteiger partial charge in [-0.1, -0.05) is 41.4 Å². The molecule has 0 radical (unpaired) electrons. The lowest BCUT2D eigenvalue weighted by Gasteiger charge is -2.11. The van der Waals surface area contributed by atoms with E-state index in [1.165, 1.54) is 5.56 Å². The molecule has 2 aromatic heterocycles. The van der Waals surface area contributed by atoms with Crippen molar-refractivity contribution in [3.63, 3.8) is 0 Å². The fraction of sp³-hybridized carbons (Fsp3) is 0.278. The first-order chi connectivity index (χ1) is 12.3. The van der Waals surface area contributed by atoms with E-state index < -0.39 is 6.04 Å². The number of hydrogen-bond acceptors (Lipinski definition) is 3. The molecule has 0 bridgehead atoms. The van der Waals surface area contributed by atoms with E-state index in [2.05, 4.69) is 62.6 Å². The van der Waals surface area contributed by atoms with E-state index in [9.17, 15) is 4.79 Å². The van der Waals surface area contributed by atoms with Crippen molar-refractivity contribution in [2.45, 2.75) is 33.4 Å². The number of halogens is 2. The first-order valence-electron chi connectivity index (χ1n) is 8.14. The molecule has 136 valence electrons. The van der Waals surface area contributed by atoms with Crippen molar-refractivity contribution in [3.8, 4) is 0 Å². The second-order valence-corrected chi connectivity index (χ2v) is 7.48. The fourth-order valence-corrected chi connectivity index (χ4v) is 2.99. The van der Waals surface area contributed by atoms with E-state index in [1.807, 2.05) is 6.20 Å². The SMILES string of the molecule is Cc1ccc(Cn2cc(Br)c(NC(=O)C(C)n3cc(Cl)c(C)n3)n2)cc1. The van der Waals surface area contributed by atoms with Crippen LogP contribution in [0.1, 0.15) is 29.8 Å². The molecule has 6 nitrogen and oxygen atoms in total. The number of aromatic nitrogens is 4. The molecule has 0 aliphatic heterocycles. The smallest absolute Gasteiger partial charge is 0.250 e. The van der Waals surface area contributed by atoms with E-state index in [0.717, 1.165) is 10.0 Å². The Hall–Kier alpha value is -2.12. The van der Waals surface area contributed by atoms with Crippen molar-refractivity contribution in [1.29, 1.82) is 0 Å². The van der Waals surface area contributed by atoms with Gasteiger partial charge in [-0.25, -0.2) is 0 Å². The highest BCUT2D eigenvalue weighted by Crippen LogP contribution is 2.23. The number of carbonyl (C=O) groups is 1. The van der Waals surface area contributed by atoms with Crippen LogP contribution >= 0.6 is 27.5 Å². The first kappa shape index (κ1) is 18.7. The quantitative estimate of drug-likeness (QED) is 0.646. The lowest BCUT2D eigenvalue weighted by Crippen LogP contribution is -2.24. The van der Waals surface area contributed by atoms with E-state index in [4.69, 9.17) is 11.6 Å². The molecule has 3 aromatic rings. The van der Waals surface area contributed by atoms with Crippen LogP contribution in [0.2, 0.25) is 5.02 Å². The van der Waals surface area contributed by atoms with Crippen molar-refractivity contribution in [1.82, 2.24) is 19.6 Å². The number of amides is 1. The zero-order valence-electron chi connectivity index (χ0n) is 14.7. The Morgan fingerprint density at radius 2 is 1.92 bits per heavy atom. The molecule has 0 aliphatic rings. The maximum atomic E-state index is 12.5. The number of nitrogens with one attached hydrogen (secondary N) is 1. The van der Waals surface area contributed by atoms with Crippen molar-refractivity contribution in [3.05, 3.63) is 63.0 Å². The largest absolute Gasteiger partial charge is 0.306 e. The lowest BCUT2D eigenvalue weighted by molar-refractivity contribution is -0.119. The van der Waals surface area contributed by atoms with Gasteiger partial charge < -0.3 is 5.32 Å². The molecule has 0 fully saturated rings. The van der Waals surface area contributed by atoms with Gasteiger partial charge in [-0.05, 0) is 42.3 Å². The number of carbonyl (C=O) groups excluding carboxylic acids is 1. The average molecular weight is 437 g/mol. The second kappa shape index (κ2) is 7.63. The zero-order valence-corrected chi connectivity index (χ0v) is 17.0. The Balaban J connectivity index is 1.70. The summed E-state index contributed by atoms with van der Waals surface area (Å²) in [5.41, 5.74) is 3.04. The maximum absolute atomic E-state index is 12.5. The van der Waals surface area contributed by atoms with Gasteiger partial charge in [0.25, 0.3) is 0 Å². The van der Waals surface area contributed by atoms with Gasteiger partial charge in [0.05, 0.1) is 21.7 Å². The predicted molar refractivity (Wildman–Crippen MR) is 106 cm³/mol. The summed E-state index contributed by atoms with van der Waals surface area (Å²) in [4.78, 5) is 12.5. The van der Waals surface area contributed by atoms with Gasteiger partial charge in [0.1, 0.15) is 6.04 Å². The third-order valence-corrected chi connectivity index (χ3v) is 5.01. The summed E-state index contributed by atoms with van der Waals surface area (Å²) in [5.74, 6) is 0.259. The van der Waals surface area contributed by atoms with Crippen molar-refractivity contribution >= 4 is 39.3 Å². The highest BCUT2D eigenvalue weighted by atomic mass is 79.9. The van der Waals surface area contributed by atoms with Crippen LogP contribution < -0.4 is 5.32 Å². The highest BCUT2D eigenvalue weighted by molar-refractivity contribution is 9.10. The summed E-state index contributed by atoms with van der Waals surface area (Å²) < 4.78 is 4.05. The number of benzene rings is 1. The van der Waals surface area contributed by atoms with Gasteiger partial charge in [-0.15, -0.1) is 0 Å². The van der Waals surface area contributed by atoms with E-state index in [0.29, 0.717) is 23.1 Å². The standard InChI is InChI=1S/C18H19BrClN5O/c1-11-4-6-14(7-5-11)8-24-9-15(19)17(23-24)21-18(26)13(3)25-10-16(20)12(2)22-25/h4-7,9-10,13H,8H2,1-3H3,(H,21,23,26). The third kappa shape index (κ3) is 4.16. The summed E-state index contributed by atoms with van der Waals surface area (Å²) in [7, 11) is 0. The van der Waals surface area contributed by atoms with Crippen LogP contribution in [0.25, 0.3) is 0 Å². The van der Waals surface area contributed by atoms with Crippen molar-refractivity contribution in [2.24, 2.45) is 0 Å². The Morgan fingerprint density at radius 1 is 1.23 bits per heavy atom. The van der Waals surface area contributed by atoms with E-state index in [-0.39, 0.29) is 5.91 Å². The second-order valence-electron chi connectivity index (χ2n) is 6.22. The molecule has 1 amide bonds. The van der Waals surface area contributed by atoms with Crippen LogP contribution in [-0.2, 0) is 11.3 Å². The summed E-state index contributed by atoms with van der Waals surface area (Å²) in [6.07, 6.45) is 3.49. The van der Waals surface area contributed by atoms with E-state index in [1.54, 1.807) is 29.4 Å². The molecule has 0 saturated heterocycles. The summed E-state index contributed by atoms with van der Waals surface area (Å²) in [5, 5.41) is 12.1. The van der Waals surface area contributed by atoms with Crippen LogP contribution in [0.5, 0.6) is 0 Å². The Labute approximate surface area is 165 Å². The van der Waals surface area contributed by atoms with E-state index >= 15 is 0 Å². The molecule has 0 aliphatic carbocycles. The highest BCUT2D eigenvalue weighted by Gasteiger charge is 2.19. The summed E-state index contributed by atoms with van der Waals surface area (Å²) in [6.45, 7) is 6.23. The molecule has 1 unspecified atom stereocenters. The topological polar surface area (TPSA) is 64.7 Å². The van der Waals surface area contributed by atoms with Crippen LogP contribution in [0.15, 0.2) is 41.1 Å². The molecular weight excluding hydrogens is 418 g/mol. The monoisotopic (exact) mass is 435 g/mol. The molecule has 0 spiro atoms. The Morgan fingerprint density at radius 3 is 2.54 bits per heavy atom. The molecular formula is C18H19BrClN5O. The molecule has 1 atom stereocenters. The van der Waals surface area contributed by atoms with Gasteiger partial charge in [0.15, 0.2) is 5.82 Å². The van der Waals surface area contributed by atoms with Gasteiger partial charge >= 0.3 is 0 Å². The zero-order chi connectivity index (χ0) is 18.8. The predicted octanol–water partition coefficient (Wildman–Crippen LogP) is 4.36. The van der Waals surface area contributed by atoms with Crippen LogP contribution in [-0.4, -0.2) is 25.5 Å². The maximum Gasteiger partial charge on any atom is 0.250 e. The van der Waals surface area contributed by atoms with Gasteiger partial charge in [-0.3, -0.25) is 14.2 Å². The summed E-state index contributed by atoms with van der Waals surface area (Å²) in [6, 6.07) is 7.75. The number of anilines is 1. The fourth-order valence-electron chi connectivity index (χ4n) is 2.44. The Kier molecular flexibility index (Phi) is 5.48.